The van der Waals surface area contributed by atoms with Gasteiger partial charge < -0.3 is 10.6 Å². The molecule has 3 nitrogen and oxygen atoms in total. The number of carbonyl (C=O) groups is 1. The largest absolute Gasteiger partial charge is 0.352 e. The summed E-state index contributed by atoms with van der Waals surface area (Å²) in [6.45, 7) is 8.27. The molecule has 1 rings (SSSR count). The molecule has 82 valence electrons. The minimum absolute atomic E-state index is 0.197. The van der Waals surface area contributed by atoms with Crippen LogP contribution in [0.25, 0.3) is 0 Å². The van der Waals surface area contributed by atoms with Crippen LogP contribution < -0.4 is 10.6 Å². The van der Waals surface area contributed by atoms with Crippen LogP contribution in [-0.2, 0) is 4.79 Å². The Morgan fingerprint density at radius 1 is 1.43 bits per heavy atom. The Balaban J connectivity index is 2.39. The van der Waals surface area contributed by atoms with Crippen molar-refractivity contribution in [3.05, 3.63) is 0 Å². The third kappa shape index (κ3) is 2.71. The maximum Gasteiger partial charge on any atom is 0.223 e. The Bertz CT molecular complexity index is 190. The molecule has 14 heavy (non-hydrogen) atoms. The van der Waals surface area contributed by atoms with Crippen molar-refractivity contribution in [1.82, 2.24) is 10.6 Å². The number of hydrogen-bond donors (Lipinski definition) is 2. The van der Waals surface area contributed by atoms with E-state index in [-0.39, 0.29) is 11.8 Å². The lowest BCUT2D eigenvalue weighted by atomic mass is 10.0. The molecule has 1 heterocycles. The van der Waals surface area contributed by atoms with Crippen LogP contribution in [0.15, 0.2) is 0 Å². The molecule has 1 amide bonds. The van der Waals surface area contributed by atoms with Crippen LogP contribution in [0, 0.1) is 11.8 Å². The van der Waals surface area contributed by atoms with E-state index in [0.29, 0.717) is 12.0 Å². The van der Waals surface area contributed by atoms with E-state index in [0.717, 1.165) is 25.9 Å². The predicted molar refractivity (Wildman–Crippen MR) is 58.0 cm³/mol. The molecular weight excluding hydrogens is 176 g/mol. The fourth-order valence-electron chi connectivity index (χ4n) is 1.96. The van der Waals surface area contributed by atoms with E-state index in [1.54, 1.807) is 0 Å². The average molecular weight is 198 g/mol. The summed E-state index contributed by atoms with van der Waals surface area (Å²) in [4.78, 5) is 11.8. The van der Waals surface area contributed by atoms with Gasteiger partial charge in [-0.1, -0.05) is 20.8 Å². The molecule has 3 heteroatoms. The van der Waals surface area contributed by atoms with Crippen LogP contribution in [0.2, 0.25) is 0 Å². The fraction of sp³-hybridized carbons (Fsp3) is 0.909. The first kappa shape index (κ1) is 11.5. The molecular formula is C11H22N2O. The van der Waals surface area contributed by atoms with Crippen LogP contribution in [0.1, 0.15) is 33.6 Å². The van der Waals surface area contributed by atoms with Crippen LogP contribution >= 0.6 is 0 Å². The lowest BCUT2D eigenvalue weighted by molar-refractivity contribution is -0.126. The van der Waals surface area contributed by atoms with Gasteiger partial charge in [0.2, 0.25) is 5.91 Å². The summed E-state index contributed by atoms with van der Waals surface area (Å²) in [6.07, 6.45) is 1.88. The summed E-state index contributed by atoms with van der Waals surface area (Å²) < 4.78 is 0. The summed E-state index contributed by atoms with van der Waals surface area (Å²) in [7, 11) is 0. The van der Waals surface area contributed by atoms with Crippen LogP contribution in [0.4, 0.5) is 0 Å². The molecule has 0 aromatic carbocycles. The fourth-order valence-corrected chi connectivity index (χ4v) is 1.96. The van der Waals surface area contributed by atoms with Crippen molar-refractivity contribution >= 4 is 5.91 Å². The molecule has 2 unspecified atom stereocenters. The topological polar surface area (TPSA) is 41.1 Å². The molecule has 2 N–H and O–H groups in total. The maximum atomic E-state index is 11.8. The van der Waals surface area contributed by atoms with Gasteiger partial charge in [-0.25, -0.2) is 0 Å². The van der Waals surface area contributed by atoms with E-state index >= 15 is 0 Å². The number of nitrogens with one attached hydrogen (secondary N) is 2. The van der Waals surface area contributed by atoms with E-state index in [4.69, 9.17) is 0 Å². The molecule has 0 saturated carbocycles. The first-order valence-corrected chi connectivity index (χ1v) is 5.70. The van der Waals surface area contributed by atoms with Crippen LogP contribution in [0.5, 0.6) is 0 Å². The van der Waals surface area contributed by atoms with Gasteiger partial charge in [0.05, 0.1) is 0 Å². The van der Waals surface area contributed by atoms with Gasteiger partial charge in [0.25, 0.3) is 0 Å². The van der Waals surface area contributed by atoms with Crippen molar-refractivity contribution in [2.75, 3.05) is 13.1 Å². The summed E-state index contributed by atoms with van der Waals surface area (Å²) in [5, 5.41) is 6.42. The Morgan fingerprint density at radius 3 is 2.50 bits per heavy atom. The van der Waals surface area contributed by atoms with Crippen molar-refractivity contribution in [2.24, 2.45) is 11.8 Å². The summed E-state index contributed by atoms with van der Waals surface area (Å²) in [5.41, 5.74) is 0. The van der Waals surface area contributed by atoms with E-state index in [1.807, 2.05) is 0 Å². The van der Waals surface area contributed by atoms with Gasteiger partial charge in [0, 0.05) is 18.5 Å². The molecule has 1 aliphatic heterocycles. The number of amides is 1. The van der Waals surface area contributed by atoms with Crippen LogP contribution in [0.3, 0.4) is 0 Å². The maximum absolute atomic E-state index is 11.8. The molecule has 0 bridgehead atoms. The molecule has 0 aromatic heterocycles. The molecule has 1 aliphatic rings. The van der Waals surface area contributed by atoms with Crippen molar-refractivity contribution in [1.29, 1.82) is 0 Å². The Morgan fingerprint density at radius 2 is 2.07 bits per heavy atom. The molecule has 1 fully saturated rings. The third-order valence-electron chi connectivity index (χ3n) is 3.20. The smallest absolute Gasteiger partial charge is 0.223 e. The Hall–Kier alpha value is -0.570. The Labute approximate surface area is 86.6 Å². The lowest BCUT2D eigenvalue weighted by Gasteiger charge is -2.20. The highest BCUT2D eigenvalue weighted by Crippen LogP contribution is 2.11. The lowest BCUT2D eigenvalue weighted by Crippen LogP contribution is -2.42. The molecule has 2 atom stereocenters. The third-order valence-corrected chi connectivity index (χ3v) is 3.20. The second-order valence-corrected chi connectivity index (χ2v) is 4.26. The zero-order chi connectivity index (χ0) is 10.6. The van der Waals surface area contributed by atoms with Gasteiger partial charge in [-0.05, 0) is 25.3 Å². The SMILES string of the molecule is CCC(CC)C(=O)NC1CNCC1C. The van der Waals surface area contributed by atoms with E-state index in [9.17, 15) is 4.79 Å². The Kier molecular flexibility index (Phi) is 4.39. The van der Waals surface area contributed by atoms with E-state index in [2.05, 4.69) is 31.4 Å². The normalized spacial score (nSPS) is 26.9. The quantitative estimate of drug-likeness (QED) is 0.711. The first-order chi connectivity index (χ1) is 6.69. The van der Waals surface area contributed by atoms with Gasteiger partial charge in [-0.15, -0.1) is 0 Å². The summed E-state index contributed by atoms with van der Waals surface area (Å²) in [5.74, 6) is 0.992. The molecule has 0 spiro atoms. The minimum Gasteiger partial charge on any atom is -0.352 e. The summed E-state index contributed by atoms with van der Waals surface area (Å²) >= 11 is 0. The molecule has 0 aliphatic carbocycles. The van der Waals surface area contributed by atoms with Crippen LogP contribution in [-0.4, -0.2) is 25.0 Å². The zero-order valence-electron chi connectivity index (χ0n) is 9.47. The molecule has 1 saturated heterocycles. The number of hydrogen-bond acceptors (Lipinski definition) is 2. The van der Waals surface area contributed by atoms with Gasteiger partial charge in [-0.3, -0.25) is 4.79 Å². The standard InChI is InChI=1S/C11H22N2O/c1-4-9(5-2)11(14)13-10-7-12-6-8(10)3/h8-10,12H,4-7H2,1-3H3,(H,13,14). The second-order valence-electron chi connectivity index (χ2n) is 4.26. The van der Waals surface area contributed by atoms with Gasteiger partial charge in [0.1, 0.15) is 0 Å². The van der Waals surface area contributed by atoms with Crippen molar-refractivity contribution in [2.45, 2.75) is 39.7 Å². The average Bonchev–Trinajstić information content (AvgIpc) is 2.54. The monoisotopic (exact) mass is 198 g/mol. The highest BCUT2D eigenvalue weighted by molar-refractivity contribution is 5.78. The van der Waals surface area contributed by atoms with Gasteiger partial charge >= 0.3 is 0 Å². The van der Waals surface area contributed by atoms with Crippen molar-refractivity contribution < 1.29 is 4.79 Å². The van der Waals surface area contributed by atoms with Crippen molar-refractivity contribution in [3.63, 3.8) is 0 Å². The molecule has 0 aromatic rings. The highest BCUT2D eigenvalue weighted by Gasteiger charge is 2.26. The number of carbonyl (C=O) groups excluding carboxylic acids is 1. The minimum atomic E-state index is 0.197. The van der Waals surface area contributed by atoms with Gasteiger partial charge in [-0.2, -0.15) is 0 Å². The van der Waals surface area contributed by atoms with Crippen molar-refractivity contribution in [3.8, 4) is 0 Å². The molecule has 0 radical (unpaired) electrons. The summed E-state index contributed by atoms with van der Waals surface area (Å²) in [6, 6.07) is 0.336. The second kappa shape index (κ2) is 5.35. The van der Waals surface area contributed by atoms with E-state index < -0.39 is 0 Å². The first-order valence-electron chi connectivity index (χ1n) is 5.70. The number of rotatable bonds is 4. The zero-order valence-corrected chi connectivity index (χ0v) is 9.47. The van der Waals surface area contributed by atoms with Gasteiger partial charge in [0.15, 0.2) is 0 Å². The van der Waals surface area contributed by atoms with E-state index in [1.165, 1.54) is 0 Å². The predicted octanol–water partition coefficient (Wildman–Crippen LogP) is 1.15. The highest BCUT2D eigenvalue weighted by atomic mass is 16.1.